The van der Waals surface area contributed by atoms with Crippen molar-refractivity contribution in [3.05, 3.63) is 0 Å². The van der Waals surface area contributed by atoms with Crippen LogP contribution in [0.4, 0.5) is 0 Å². The Morgan fingerprint density at radius 3 is 2.00 bits per heavy atom. The van der Waals surface area contributed by atoms with Crippen LogP contribution < -0.4 is 5.73 Å². The standard InChI is InChI=1S/C10H25N3O2S/c1-9(2)13(6)16(14,15)12(5)8-10(3,4)7-11/h9H,7-8,11H2,1-6H3. The highest BCUT2D eigenvalue weighted by Gasteiger charge is 2.29. The first-order chi connectivity index (χ1) is 7.04. The lowest BCUT2D eigenvalue weighted by molar-refractivity contribution is 0.272. The lowest BCUT2D eigenvalue weighted by Crippen LogP contribution is -2.47. The van der Waals surface area contributed by atoms with E-state index in [9.17, 15) is 8.42 Å². The summed E-state index contributed by atoms with van der Waals surface area (Å²) in [7, 11) is -0.192. The Morgan fingerprint density at radius 2 is 1.69 bits per heavy atom. The van der Waals surface area contributed by atoms with E-state index in [1.54, 1.807) is 14.1 Å². The normalized spacial score (nSPS) is 14.1. The highest BCUT2D eigenvalue weighted by molar-refractivity contribution is 7.86. The molecule has 6 heteroatoms. The van der Waals surface area contributed by atoms with E-state index in [1.165, 1.54) is 8.61 Å². The summed E-state index contributed by atoms with van der Waals surface area (Å²) in [4.78, 5) is 0. The van der Waals surface area contributed by atoms with E-state index >= 15 is 0 Å². The van der Waals surface area contributed by atoms with Gasteiger partial charge in [0.15, 0.2) is 0 Å². The smallest absolute Gasteiger partial charge is 0.281 e. The van der Waals surface area contributed by atoms with Crippen molar-refractivity contribution in [3.8, 4) is 0 Å². The van der Waals surface area contributed by atoms with E-state index in [0.29, 0.717) is 13.1 Å². The average molecular weight is 251 g/mol. The monoisotopic (exact) mass is 251 g/mol. The van der Waals surface area contributed by atoms with Gasteiger partial charge in [0.25, 0.3) is 10.2 Å². The van der Waals surface area contributed by atoms with Crippen LogP contribution >= 0.6 is 0 Å². The highest BCUT2D eigenvalue weighted by atomic mass is 32.2. The molecule has 0 aromatic rings. The molecule has 98 valence electrons. The first kappa shape index (κ1) is 15.8. The van der Waals surface area contributed by atoms with E-state index in [2.05, 4.69) is 0 Å². The summed E-state index contributed by atoms with van der Waals surface area (Å²) in [6.07, 6.45) is 0. The van der Waals surface area contributed by atoms with Gasteiger partial charge in [0, 0.05) is 26.7 Å². The summed E-state index contributed by atoms with van der Waals surface area (Å²) in [6.45, 7) is 8.48. The fourth-order valence-electron chi connectivity index (χ4n) is 1.24. The van der Waals surface area contributed by atoms with Crippen molar-refractivity contribution < 1.29 is 8.42 Å². The molecule has 0 bridgehead atoms. The van der Waals surface area contributed by atoms with Crippen LogP contribution in [0.15, 0.2) is 0 Å². The summed E-state index contributed by atoms with van der Waals surface area (Å²) >= 11 is 0. The molecule has 0 aliphatic rings. The van der Waals surface area contributed by atoms with Gasteiger partial charge in [0.1, 0.15) is 0 Å². The molecular weight excluding hydrogens is 226 g/mol. The van der Waals surface area contributed by atoms with Gasteiger partial charge in [-0.3, -0.25) is 0 Å². The molecule has 0 saturated carbocycles. The first-order valence-electron chi connectivity index (χ1n) is 5.44. The summed E-state index contributed by atoms with van der Waals surface area (Å²) in [5.74, 6) is 0. The van der Waals surface area contributed by atoms with Gasteiger partial charge < -0.3 is 5.73 Å². The van der Waals surface area contributed by atoms with Crippen LogP contribution in [0, 0.1) is 5.41 Å². The van der Waals surface area contributed by atoms with Crippen LogP contribution in [0.25, 0.3) is 0 Å². The molecule has 0 heterocycles. The van der Waals surface area contributed by atoms with Gasteiger partial charge in [-0.05, 0) is 25.8 Å². The minimum atomic E-state index is -3.37. The predicted molar refractivity (Wildman–Crippen MR) is 67.3 cm³/mol. The number of hydrogen-bond acceptors (Lipinski definition) is 3. The second kappa shape index (κ2) is 5.44. The fourth-order valence-corrected chi connectivity index (χ4v) is 2.72. The lowest BCUT2D eigenvalue weighted by atomic mass is 9.94. The van der Waals surface area contributed by atoms with E-state index in [-0.39, 0.29) is 11.5 Å². The number of rotatable bonds is 6. The zero-order valence-electron chi connectivity index (χ0n) is 11.2. The van der Waals surface area contributed by atoms with E-state index in [4.69, 9.17) is 5.73 Å². The zero-order chi connectivity index (χ0) is 13.1. The minimum Gasteiger partial charge on any atom is -0.330 e. The van der Waals surface area contributed by atoms with Crippen molar-refractivity contribution in [2.75, 3.05) is 27.2 Å². The van der Waals surface area contributed by atoms with Crippen molar-refractivity contribution in [2.45, 2.75) is 33.7 Å². The molecule has 0 aromatic carbocycles. The lowest BCUT2D eigenvalue weighted by Gasteiger charge is -2.32. The third-order valence-electron chi connectivity index (χ3n) is 2.69. The molecule has 0 unspecified atom stereocenters. The number of nitrogens with two attached hydrogens (primary N) is 1. The van der Waals surface area contributed by atoms with Gasteiger partial charge in [-0.1, -0.05) is 13.8 Å². The van der Waals surface area contributed by atoms with E-state index in [1.807, 2.05) is 27.7 Å². The van der Waals surface area contributed by atoms with Gasteiger partial charge in [-0.2, -0.15) is 17.0 Å². The maximum absolute atomic E-state index is 12.1. The Labute approximate surface area is 99.8 Å². The Bertz CT molecular complexity index is 312. The third kappa shape index (κ3) is 4.01. The van der Waals surface area contributed by atoms with Crippen LogP contribution in [0.1, 0.15) is 27.7 Å². The largest absolute Gasteiger partial charge is 0.330 e. The van der Waals surface area contributed by atoms with Gasteiger partial charge in [0.05, 0.1) is 0 Å². The van der Waals surface area contributed by atoms with Gasteiger partial charge in [-0.15, -0.1) is 0 Å². The summed E-state index contributed by atoms with van der Waals surface area (Å²) in [5, 5.41) is 0. The molecule has 0 atom stereocenters. The molecule has 16 heavy (non-hydrogen) atoms. The fraction of sp³-hybridized carbons (Fsp3) is 1.00. The Morgan fingerprint density at radius 1 is 1.25 bits per heavy atom. The highest BCUT2D eigenvalue weighted by Crippen LogP contribution is 2.17. The zero-order valence-corrected chi connectivity index (χ0v) is 12.0. The first-order valence-corrected chi connectivity index (χ1v) is 6.83. The number of hydrogen-bond donors (Lipinski definition) is 1. The topological polar surface area (TPSA) is 66.6 Å². The molecule has 5 nitrogen and oxygen atoms in total. The minimum absolute atomic E-state index is 0.0477. The second-order valence-corrected chi connectivity index (χ2v) is 7.34. The van der Waals surface area contributed by atoms with Crippen LogP contribution in [0.3, 0.4) is 0 Å². The molecule has 0 aliphatic carbocycles. The average Bonchev–Trinajstić information content (AvgIpc) is 2.15. The quantitative estimate of drug-likeness (QED) is 0.747. The van der Waals surface area contributed by atoms with Crippen molar-refractivity contribution in [1.82, 2.24) is 8.61 Å². The van der Waals surface area contributed by atoms with Gasteiger partial charge in [0.2, 0.25) is 0 Å². The van der Waals surface area contributed by atoms with Crippen molar-refractivity contribution in [3.63, 3.8) is 0 Å². The van der Waals surface area contributed by atoms with Crippen LogP contribution in [-0.4, -0.2) is 50.3 Å². The molecule has 0 saturated heterocycles. The molecule has 0 radical (unpaired) electrons. The number of nitrogens with zero attached hydrogens (tertiary/aromatic N) is 2. The molecule has 2 N–H and O–H groups in total. The second-order valence-electron chi connectivity index (χ2n) is 5.24. The van der Waals surface area contributed by atoms with Crippen LogP contribution in [0.5, 0.6) is 0 Å². The molecule has 0 aromatic heterocycles. The third-order valence-corrected chi connectivity index (χ3v) is 4.75. The summed E-state index contributed by atoms with van der Waals surface area (Å²) in [5.41, 5.74) is 5.39. The van der Waals surface area contributed by atoms with Crippen molar-refractivity contribution >= 4 is 10.2 Å². The summed E-state index contributed by atoms with van der Waals surface area (Å²) < 4.78 is 26.9. The Kier molecular flexibility index (Phi) is 5.38. The van der Waals surface area contributed by atoms with Crippen molar-refractivity contribution in [1.29, 1.82) is 0 Å². The Balaban J connectivity index is 4.79. The predicted octanol–water partition coefficient (Wildman–Crippen LogP) is 0.488. The maximum Gasteiger partial charge on any atom is 0.281 e. The van der Waals surface area contributed by atoms with Gasteiger partial charge >= 0.3 is 0 Å². The molecule has 0 spiro atoms. The van der Waals surface area contributed by atoms with E-state index in [0.717, 1.165) is 0 Å². The molecular formula is C10H25N3O2S. The molecule has 0 fully saturated rings. The molecule has 0 aliphatic heterocycles. The van der Waals surface area contributed by atoms with Crippen molar-refractivity contribution in [2.24, 2.45) is 11.1 Å². The van der Waals surface area contributed by atoms with Gasteiger partial charge in [-0.25, -0.2) is 0 Å². The Hall–Kier alpha value is -0.170. The summed E-state index contributed by atoms with van der Waals surface area (Å²) in [6, 6.07) is -0.0477. The SMILES string of the molecule is CC(C)N(C)S(=O)(=O)N(C)CC(C)(C)CN. The van der Waals surface area contributed by atoms with E-state index < -0.39 is 10.2 Å². The van der Waals surface area contributed by atoms with Crippen LogP contribution in [0.2, 0.25) is 0 Å². The van der Waals surface area contributed by atoms with Crippen LogP contribution in [-0.2, 0) is 10.2 Å². The molecule has 0 rings (SSSR count). The molecule has 0 amide bonds. The maximum atomic E-state index is 12.1.